The maximum Gasteiger partial charge on any atom is 0.0545 e. The van der Waals surface area contributed by atoms with E-state index in [2.05, 4.69) is 35.6 Å². The molecule has 0 saturated heterocycles. The summed E-state index contributed by atoms with van der Waals surface area (Å²) in [6.45, 7) is 0.943. The molecular weight excluding hydrogens is 274 g/mol. The third-order valence-electron chi connectivity index (χ3n) is 3.19. The van der Waals surface area contributed by atoms with Gasteiger partial charge in [0.1, 0.15) is 0 Å². The van der Waals surface area contributed by atoms with Gasteiger partial charge in [-0.2, -0.15) is 0 Å². The highest BCUT2D eigenvalue weighted by atomic mass is 35.5. The summed E-state index contributed by atoms with van der Waals surface area (Å²) in [4.78, 5) is 2.40. The van der Waals surface area contributed by atoms with Crippen LogP contribution in [-0.2, 0) is 6.54 Å². The van der Waals surface area contributed by atoms with Gasteiger partial charge in [0.15, 0.2) is 0 Å². The molecule has 2 aromatic carbocycles. The fourth-order valence-corrected chi connectivity index (χ4v) is 3.16. The molecule has 3 heteroatoms. The Kier molecular flexibility index (Phi) is 4.12. The van der Waals surface area contributed by atoms with Gasteiger partial charge >= 0.3 is 0 Å². The molecule has 0 spiro atoms. The zero-order chi connectivity index (χ0) is 13.1. The predicted octanol–water partition coefficient (Wildman–Crippen LogP) is 4.74. The van der Waals surface area contributed by atoms with Gasteiger partial charge in [0.05, 0.1) is 5.02 Å². The van der Waals surface area contributed by atoms with E-state index < -0.39 is 0 Å². The third kappa shape index (κ3) is 3.53. The molecule has 1 fully saturated rings. The minimum atomic E-state index is 0.735. The molecule has 3 rings (SSSR count). The molecule has 0 aliphatic heterocycles. The van der Waals surface area contributed by atoms with Crippen molar-refractivity contribution in [2.24, 2.45) is 0 Å². The van der Waals surface area contributed by atoms with E-state index in [0.717, 1.165) is 22.5 Å². The molecule has 0 unspecified atom stereocenters. The number of hydrogen-bond acceptors (Lipinski definition) is 2. The number of rotatable bonds is 5. The highest BCUT2D eigenvalue weighted by Gasteiger charge is 2.20. The fourth-order valence-electron chi connectivity index (χ4n) is 1.94. The molecule has 0 atom stereocenters. The topological polar surface area (TPSA) is 12.0 Å². The molecule has 1 nitrogen and oxygen atoms in total. The molecule has 1 saturated carbocycles. The van der Waals surface area contributed by atoms with Crippen LogP contribution in [0, 0.1) is 0 Å². The van der Waals surface area contributed by atoms with Crippen molar-refractivity contribution in [2.45, 2.75) is 35.2 Å². The Morgan fingerprint density at radius 3 is 2.42 bits per heavy atom. The lowest BCUT2D eigenvalue weighted by Gasteiger charge is -2.10. The lowest BCUT2D eigenvalue weighted by Crippen LogP contribution is -2.15. The molecule has 0 aromatic heterocycles. The summed E-state index contributed by atoms with van der Waals surface area (Å²) in [7, 11) is 0. The van der Waals surface area contributed by atoms with Gasteiger partial charge in [0.2, 0.25) is 0 Å². The summed E-state index contributed by atoms with van der Waals surface area (Å²) in [6, 6.07) is 17.3. The van der Waals surface area contributed by atoms with Crippen LogP contribution in [0.5, 0.6) is 0 Å². The zero-order valence-corrected chi connectivity index (χ0v) is 12.2. The van der Waals surface area contributed by atoms with E-state index in [1.165, 1.54) is 23.3 Å². The first-order valence-corrected chi connectivity index (χ1v) is 7.76. The van der Waals surface area contributed by atoms with E-state index in [0.29, 0.717) is 0 Å². The summed E-state index contributed by atoms with van der Waals surface area (Å²) in [6.07, 6.45) is 2.64. The maximum absolute atomic E-state index is 6.23. The molecule has 0 bridgehead atoms. The standard InChI is InChI=1S/C16H16ClNS/c17-14-6-2-4-8-16(14)19-15-7-3-1-5-12(15)11-18-13-9-10-13/h1-8,13,18H,9-11H2. The highest BCUT2D eigenvalue weighted by Crippen LogP contribution is 2.35. The Labute approximate surface area is 123 Å². The van der Waals surface area contributed by atoms with Crippen LogP contribution in [0.2, 0.25) is 5.02 Å². The first kappa shape index (κ1) is 13.0. The third-order valence-corrected chi connectivity index (χ3v) is 4.82. The van der Waals surface area contributed by atoms with E-state index in [1.54, 1.807) is 11.8 Å². The van der Waals surface area contributed by atoms with Crippen molar-refractivity contribution in [2.75, 3.05) is 0 Å². The fraction of sp³-hybridized carbons (Fsp3) is 0.250. The zero-order valence-electron chi connectivity index (χ0n) is 10.6. The smallest absolute Gasteiger partial charge is 0.0545 e. The van der Waals surface area contributed by atoms with Gasteiger partial charge in [0, 0.05) is 22.4 Å². The number of benzene rings is 2. The summed E-state index contributed by atoms with van der Waals surface area (Å²) in [5.74, 6) is 0. The second-order valence-corrected chi connectivity index (χ2v) is 6.29. The second kappa shape index (κ2) is 6.00. The van der Waals surface area contributed by atoms with Crippen molar-refractivity contribution in [3.63, 3.8) is 0 Å². The molecule has 1 aliphatic rings. The Balaban J connectivity index is 1.77. The molecule has 2 aromatic rings. The van der Waals surface area contributed by atoms with Crippen molar-refractivity contribution in [1.82, 2.24) is 5.32 Å². The van der Waals surface area contributed by atoms with Crippen molar-refractivity contribution in [3.05, 3.63) is 59.1 Å². The molecule has 0 amide bonds. The molecule has 98 valence electrons. The van der Waals surface area contributed by atoms with Gasteiger partial charge < -0.3 is 5.32 Å². The summed E-state index contributed by atoms with van der Waals surface area (Å²) in [5, 5.41) is 4.38. The van der Waals surface area contributed by atoms with E-state index in [9.17, 15) is 0 Å². The van der Waals surface area contributed by atoms with Crippen LogP contribution in [-0.4, -0.2) is 6.04 Å². The van der Waals surface area contributed by atoms with E-state index in [-0.39, 0.29) is 0 Å². The molecule has 1 aliphatic carbocycles. The first-order chi connectivity index (χ1) is 9.33. The van der Waals surface area contributed by atoms with Crippen molar-refractivity contribution >= 4 is 23.4 Å². The van der Waals surface area contributed by atoms with Crippen LogP contribution in [0.25, 0.3) is 0 Å². The monoisotopic (exact) mass is 289 g/mol. The van der Waals surface area contributed by atoms with Gasteiger partial charge in [-0.15, -0.1) is 0 Å². The Morgan fingerprint density at radius 2 is 1.68 bits per heavy atom. The van der Waals surface area contributed by atoms with Crippen LogP contribution in [0.4, 0.5) is 0 Å². The second-order valence-electron chi connectivity index (χ2n) is 4.80. The molecule has 1 N–H and O–H groups in total. The average Bonchev–Trinajstić information content (AvgIpc) is 3.24. The number of hydrogen-bond donors (Lipinski definition) is 1. The van der Waals surface area contributed by atoms with Crippen LogP contribution in [0.15, 0.2) is 58.3 Å². The van der Waals surface area contributed by atoms with Crippen molar-refractivity contribution < 1.29 is 0 Å². The average molecular weight is 290 g/mol. The van der Waals surface area contributed by atoms with Crippen LogP contribution in [0.3, 0.4) is 0 Å². The summed E-state index contributed by atoms with van der Waals surface area (Å²) >= 11 is 7.97. The summed E-state index contributed by atoms with van der Waals surface area (Å²) in [5.41, 5.74) is 1.35. The maximum atomic E-state index is 6.23. The minimum Gasteiger partial charge on any atom is -0.310 e. The van der Waals surface area contributed by atoms with Gasteiger partial charge in [0.25, 0.3) is 0 Å². The van der Waals surface area contributed by atoms with Crippen LogP contribution in [0.1, 0.15) is 18.4 Å². The Morgan fingerprint density at radius 1 is 1.00 bits per heavy atom. The van der Waals surface area contributed by atoms with Crippen molar-refractivity contribution in [3.8, 4) is 0 Å². The normalized spacial score (nSPS) is 14.6. The molecule has 0 radical (unpaired) electrons. The lowest BCUT2D eigenvalue weighted by atomic mass is 10.2. The quantitative estimate of drug-likeness (QED) is 0.853. The van der Waals surface area contributed by atoms with Crippen LogP contribution < -0.4 is 5.32 Å². The lowest BCUT2D eigenvalue weighted by molar-refractivity contribution is 0.680. The molecular formula is C16H16ClNS. The predicted molar refractivity (Wildman–Crippen MR) is 81.9 cm³/mol. The van der Waals surface area contributed by atoms with Crippen molar-refractivity contribution in [1.29, 1.82) is 0 Å². The largest absolute Gasteiger partial charge is 0.310 e. The first-order valence-electron chi connectivity index (χ1n) is 6.56. The molecule has 19 heavy (non-hydrogen) atoms. The highest BCUT2D eigenvalue weighted by molar-refractivity contribution is 7.99. The van der Waals surface area contributed by atoms with E-state index >= 15 is 0 Å². The number of halogens is 1. The SMILES string of the molecule is Clc1ccccc1Sc1ccccc1CNC1CC1. The van der Waals surface area contributed by atoms with E-state index in [4.69, 9.17) is 11.6 Å². The van der Waals surface area contributed by atoms with E-state index in [1.807, 2.05) is 18.2 Å². The summed E-state index contributed by atoms with van der Waals surface area (Å²) < 4.78 is 0. The van der Waals surface area contributed by atoms with Gasteiger partial charge in [-0.25, -0.2) is 0 Å². The Hall–Kier alpha value is -0.960. The molecule has 0 heterocycles. The van der Waals surface area contributed by atoms with Crippen LogP contribution >= 0.6 is 23.4 Å². The van der Waals surface area contributed by atoms with Gasteiger partial charge in [-0.05, 0) is 36.6 Å². The van der Waals surface area contributed by atoms with Gasteiger partial charge in [-0.3, -0.25) is 0 Å². The Bertz CT molecular complexity index is 566. The minimum absolute atomic E-state index is 0.735. The number of nitrogens with one attached hydrogen (secondary N) is 1. The van der Waals surface area contributed by atoms with Gasteiger partial charge in [-0.1, -0.05) is 53.7 Å².